The summed E-state index contributed by atoms with van der Waals surface area (Å²) >= 11 is 3.21. The molecule has 0 spiro atoms. The lowest BCUT2D eigenvalue weighted by molar-refractivity contribution is 0.187. The fourth-order valence-corrected chi connectivity index (χ4v) is 1.64. The van der Waals surface area contributed by atoms with Gasteiger partial charge in [-0.05, 0) is 26.0 Å². The van der Waals surface area contributed by atoms with Gasteiger partial charge in [0.15, 0.2) is 0 Å². The highest BCUT2D eigenvalue weighted by molar-refractivity contribution is 9.10. The summed E-state index contributed by atoms with van der Waals surface area (Å²) in [5.74, 6) is -0.241. The zero-order valence-electron chi connectivity index (χ0n) is 8.80. The number of rotatable bonds is 4. The smallest absolute Gasteiger partial charge is 0.129 e. The minimum absolute atomic E-state index is 0.104. The van der Waals surface area contributed by atoms with Gasteiger partial charge in [-0.25, -0.2) is 4.39 Å². The van der Waals surface area contributed by atoms with Crippen LogP contribution in [0.15, 0.2) is 22.7 Å². The molecular weight excluding hydrogens is 261 g/mol. The first-order valence-corrected chi connectivity index (χ1v) is 5.66. The third-order valence-electron chi connectivity index (χ3n) is 2.15. The van der Waals surface area contributed by atoms with Gasteiger partial charge in [0.25, 0.3) is 0 Å². The minimum Gasteiger partial charge on any atom is -0.392 e. The first kappa shape index (κ1) is 12.6. The summed E-state index contributed by atoms with van der Waals surface area (Å²) in [6, 6.07) is 4.88. The van der Waals surface area contributed by atoms with Crippen molar-refractivity contribution in [3.8, 4) is 0 Å². The van der Waals surface area contributed by atoms with Crippen LogP contribution in [0.25, 0.3) is 0 Å². The standard InChI is InChI=1S/C11H15BrFNO/c1-7(15)6-14-8(2)10-4-3-9(12)5-11(10)13/h3-5,7-8,14-15H,6H2,1-2H3. The van der Waals surface area contributed by atoms with Crippen LogP contribution in [0, 0.1) is 5.82 Å². The Balaban J connectivity index is 2.69. The van der Waals surface area contributed by atoms with Crippen molar-refractivity contribution in [1.29, 1.82) is 0 Å². The molecule has 1 aromatic carbocycles. The van der Waals surface area contributed by atoms with Gasteiger partial charge in [0.2, 0.25) is 0 Å². The molecule has 2 nitrogen and oxygen atoms in total. The van der Waals surface area contributed by atoms with Crippen LogP contribution >= 0.6 is 15.9 Å². The molecule has 2 atom stereocenters. The maximum atomic E-state index is 13.5. The molecule has 0 fully saturated rings. The number of nitrogens with one attached hydrogen (secondary N) is 1. The zero-order valence-corrected chi connectivity index (χ0v) is 10.4. The van der Waals surface area contributed by atoms with Gasteiger partial charge in [-0.3, -0.25) is 0 Å². The van der Waals surface area contributed by atoms with Gasteiger partial charge in [0.1, 0.15) is 5.82 Å². The van der Waals surface area contributed by atoms with E-state index < -0.39 is 6.10 Å². The van der Waals surface area contributed by atoms with Crippen LogP contribution < -0.4 is 5.32 Å². The minimum atomic E-state index is -0.425. The summed E-state index contributed by atoms with van der Waals surface area (Å²) in [5, 5.41) is 12.2. The van der Waals surface area contributed by atoms with Crippen LogP contribution in [-0.2, 0) is 0 Å². The molecule has 0 amide bonds. The molecule has 0 radical (unpaired) electrons. The molecule has 84 valence electrons. The Bertz CT molecular complexity index is 330. The second kappa shape index (κ2) is 5.58. The van der Waals surface area contributed by atoms with Crippen molar-refractivity contribution in [3.05, 3.63) is 34.1 Å². The Morgan fingerprint density at radius 1 is 1.47 bits per heavy atom. The van der Waals surface area contributed by atoms with Gasteiger partial charge >= 0.3 is 0 Å². The van der Waals surface area contributed by atoms with Crippen LogP contribution in [0.3, 0.4) is 0 Å². The van der Waals surface area contributed by atoms with Gasteiger partial charge in [-0.2, -0.15) is 0 Å². The van der Waals surface area contributed by atoms with E-state index in [4.69, 9.17) is 5.11 Å². The molecule has 2 N–H and O–H groups in total. The average molecular weight is 276 g/mol. The Morgan fingerprint density at radius 3 is 2.67 bits per heavy atom. The van der Waals surface area contributed by atoms with Crippen LogP contribution in [0.4, 0.5) is 4.39 Å². The summed E-state index contributed by atoms with van der Waals surface area (Å²) in [4.78, 5) is 0. The summed E-state index contributed by atoms with van der Waals surface area (Å²) in [6.45, 7) is 4.02. The highest BCUT2D eigenvalue weighted by Crippen LogP contribution is 2.20. The topological polar surface area (TPSA) is 32.3 Å². The second-order valence-electron chi connectivity index (χ2n) is 3.64. The molecule has 0 aliphatic carbocycles. The van der Waals surface area contributed by atoms with E-state index >= 15 is 0 Å². The van der Waals surface area contributed by atoms with E-state index in [1.165, 1.54) is 6.07 Å². The van der Waals surface area contributed by atoms with Crippen molar-refractivity contribution in [2.24, 2.45) is 0 Å². The van der Waals surface area contributed by atoms with Gasteiger partial charge in [0, 0.05) is 22.6 Å². The van der Waals surface area contributed by atoms with E-state index in [0.29, 0.717) is 12.1 Å². The van der Waals surface area contributed by atoms with Gasteiger partial charge in [-0.15, -0.1) is 0 Å². The van der Waals surface area contributed by atoms with Crippen molar-refractivity contribution in [2.75, 3.05) is 6.54 Å². The second-order valence-corrected chi connectivity index (χ2v) is 4.56. The highest BCUT2D eigenvalue weighted by Gasteiger charge is 2.11. The summed E-state index contributed by atoms with van der Waals surface area (Å²) < 4.78 is 14.2. The monoisotopic (exact) mass is 275 g/mol. The van der Waals surface area contributed by atoms with Crippen LogP contribution in [0.5, 0.6) is 0 Å². The third-order valence-corrected chi connectivity index (χ3v) is 2.64. The molecular formula is C11H15BrFNO. The highest BCUT2D eigenvalue weighted by atomic mass is 79.9. The summed E-state index contributed by atoms with van der Waals surface area (Å²) in [7, 11) is 0. The Hall–Kier alpha value is -0.450. The van der Waals surface area contributed by atoms with Crippen LogP contribution in [0.1, 0.15) is 25.5 Å². The molecule has 0 heterocycles. The molecule has 0 bridgehead atoms. The quantitative estimate of drug-likeness (QED) is 0.886. The lowest BCUT2D eigenvalue weighted by Crippen LogP contribution is -2.27. The molecule has 1 rings (SSSR count). The first-order valence-electron chi connectivity index (χ1n) is 4.87. The number of aliphatic hydroxyl groups excluding tert-OH is 1. The number of hydrogen-bond acceptors (Lipinski definition) is 2. The number of hydrogen-bond donors (Lipinski definition) is 2. The normalized spacial score (nSPS) is 15.0. The number of aliphatic hydroxyl groups is 1. The van der Waals surface area contributed by atoms with E-state index in [-0.39, 0.29) is 11.9 Å². The van der Waals surface area contributed by atoms with E-state index in [0.717, 1.165) is 4.47 Å². The zero-order chi connectivity index (χ0) is 11.4. The Kier molecular flexibility index (Phi) is 4.70. The van der Waals surface area contributed by atoms with Crippen LogP contribution in [0.2, 0.25) is 0 Å². The molecule has 0 aliphatic heterocycles. The molecule has 0 saturated carbocycles. The lowest BCUT2D eigenvalue weighted by atomic mass is 10.1. The number of benzene rings is 1. The van der Waals surface area contributed by atoms with Gasteiger partial charge < -0.3 is 10.4 Å². The van der Waals surface area contributed by atoms with E-state index in [1.54, 1.807) is 19.1 Å². The van der Waals surface area contributed by atoms with Crippen molar-refractivity contribution in [3.63, 3.8) is 0 Å². The van der Waals surface area contributed by atoms with Crippen molar-refractivity contribution >= 4 is 15.9 Å². The molecule has 4 heteroatoms. The van der Waals surface area contributed by atoms with Crippen molar-refractivity contribution in [2.45, 2.75) is 26.0 Å². The predicted molar refractivity (Wildman–Crippen MR) is 62.2 cm³/mol. The van der Waals surface area contributed by atoms with E-state index in [1.807, 2.05) is 6.92 Å². The van der Waals surface area contributed by atoms with Gasteiger partial charge in [-0.1, -0.05) is 22.0 Å². The average Bonchev–Trinajstić information content (AvgIpc) is 2.14. The molecule has 0 aromatic heterocycles. The third kappa shape index (κ3) is 3.89. The first-order chi connectivity index (χ1) is 7.00. The summed E-state index contributed by atoms with van der Waals surface area (Å²) in [6.07, 6.45) is -0.425. The number of halogens is 2. The maximum absolute atomic E-state index is 13.5. The SMILES string of the molecule is CC(O)CNC(C)c1ccc(Br)cc1F. The van der Waals surface area contributed by atoms with Crippen LogP contribution in [-0.4, -0.2) is 17.8 Å². The maximum Gasteiger partial charge on any atom is 0.129 e. The molecule has 1 aromatic rings. The van der Waals surface area contributed by atoms with E-state index in [9.17, 15) is 4.39 Å². The molecule has 0 aliphatic rings. The lowest BCUT2D eigenvalue weighted by Gasteiger charge is -2.16. The van der Waals surface area contributed by atoms with Crippen molar-refractivity contribution in [1.82, 2.24) is 5.32 Å². The van der Waals surface area contributed by atoms with E-state index in [2.05, 4.69) is 21.2 Å². The van der Waals surface area contributed by atoms with Crippen molar-refractivity contribution < 1.29 is 9.50 Å². The Labute approximate surface area is 97.6 Å². The molecule has 2 unspecified atom stereocenters. The fraction of sp³-hybridized carbons (Fsp3) is 0.455. The largest absolute Gasteiger partial charge is 0.392 e. The van der Waals surface area contributed by atoms with Gasteiger partial charge in [0.05, 0.1) is 6.10 Å². The summed E-state index contributed by atoms with van der Waals surface area (Å²) in [5.41, 5.74) is 0.610. The Morgan fingerprint density at radius 2 is 2.13 bits per heavy atom. The molecule has 0 saturated heterocycles. The fourth-order valence-electron chi connectivity index (χ4n) is 1.31. The molecule has 15 heavy (non-hydrogen) atoms. The predicted octanol–water partition coefficient (Wildman–Crippen LogP) is 2.62.